The maximum Gasteiger partial charge on any atom is 0.437 e. The van der Waals surface area contributed by atoms with E-state index >= 15 is 0 Å². The third kappa shape index (κ3) is 5.71. The summed E-state index contributed by atoms with van der Waals surface area (Å²) in [5, 5.41) is 5.40. The van der Waals surface area contributed by atoms with Gasteiger partial charge in [0.2, 0.25) is 5.95 Å². The van der Waals surface area contributed by atoms with Gasteiger partial charge < -0.3 is 15.4 Å². The number of rotatable bonds is 5. The summed E-state index contributed by atoms with van der Waals surface area (Å²) < 4.78 is 45.0. The Hall–Kier alpha value is -3.11. The van der Waals surface area contributed by atoms with Crippen molar-refractivity contribution in [1.82, 2.24) is 20.3 Å². The van der Waals surface area contributed by atoms with E-state index in [9.17, 15) is 18.0 Å². The van der Waals surface area contributed by atoms with Gasteiger partial charge >= 0.3 is 12.3 Å². The molecule has 30 heavy (non-hydrogen) atoms. The number of aromatic nitrogens is 3. The van der Waals surface area contributed by atoms with E-state index in [1.165, 1.54) is 30.6 Å². The zero-order valence-corrected chi connectivity index (χ0v) is 16.4. The number of ether oxygens (including phenoxy) is 1. The summed E-state index contributed by atoms with van der Waals surface area (Å²) in [5.41, 5.74) is -0.407. The first-order valence-electron chi connectivity index (χ1n) is 8.23. The topological polar surface area (TPSA) is 89.0 Å². The van der Waals surface area contributed by atoms with Gasteiger partial charge in [-0.25, -0.2) is 14.8 Å². The Kier molecular flexibility index (Phi) is 6.58. The zero-order chi connectivity index (χ0) is 21.7. The lowest BCUT2D eigenvalue weighted by Crippen LogP contribution is -2.27. The Labute approximate surface area is 178 Å². The first-order chi connectivity index (χ1) is 14.2. The zero-order valence-electron chi connectivity index (χ0n) is 14.9. The minimum Gasteiger partial charge on any atom is -0.406 e. The highest BCUT2D eigenvalue weighted by atomic mass is 35.5. The van der Waals surface area contributed by atoms with Crippen molar-refractivity contribution in [2.45, 2.75) is 12.7 Å². The van der Waals surface area contributed by atoms with Crippen molar-refractivity contribution in [2.75, 3.05) is 5.32 Å². The summed E-state index contributed by atoms with van der Waals surface area (Å²) in [6.07, 6.45) is -2.21. The molecule has 1 aromatic carbocycles. The van der Waals surface area contributed by atoms with Crippen LogP contribution in [0.25, 0.3) is 0 Å². The number of hydrogen-bond acceptors (Lipinski definition) is 6. The van der Waals surface area contributed by atoms with Crippen LogP contribution in [0.2, 0.25) is 10.0 Å². The molecule has 0 atom stereocenters. The number of hydrogen-bond donors (Lipinski definition) is 2. The highest BCUT2D eigenvalue weighted by Crippen LogP contribution is 2.35. The predicted octanol–water partition coefficient (Wildman–Crippen LogP) is 5.23. The molecular weight excluding hydrogens is 446 g/mol. The van der Waals surface area contributed by atoms with Gasteiger partial charge in [-0.2, -0.15) is 13.2 Å². The average molecular weight is 458 g/mol. The van der Waals surface area contributed by atoms with Crippen LogP contribution in [0.1, 0.15) is 11.3 Å². The molecule has 1 amide bonds. The van der Waals surface area contributed by atoms with Gasteiger partial charge in [-0.15, -0.1) is 0 Å². The second-order valence-electron chi connectivity index (χ2n) is 5.76. The van der Waals surface area contributed by atoms with Crippen LogP contribution in [0.5, 0.6) is 5.75 Å². The van der Waals surface area contributed by atoms with Crippen molar-refractivity contribution < 1.29 is 22.7 Å². The lowest BCUT2D eigenvalue weighted by molar-refractivity contribution is -0.142. The molecule has 0 aliphatic heterocycles. The van der Waals surface area contributed by atoms with Crippen molar-refractivity contribution in [3.05, 3.63) is 70.2 Å². The number of carbonyl (C=O) groups is 1. The van der Waals surface area contributed by atoms with E-state index in [1.807, 2.05) is 0 Å². The van der Waals surface area contributed by atoms with E-state index in [0.717, 1.165) is 6.20 Å². The molecule has 156 valence electrons. The van der Waals surface area contributed by atoms with Gasteiger partial charge in [0.1, 0.15) is 0 Å². The molecule has 0 spiro atoms. The molecule has 0 aliphatic carbocycles. The van der Waals surface area contributed by atoms with E-state index in [0.29, 0.717) is 11.3 Å². The Balaban J connectivity index is 1.75. The normalized spacial score (nSPS) is 11.1. The van der Waals surface area contributed by atoms with Crippen LogP contribution in [0, 0.1) is 0 Å². The van der Waals surface area contributed by atoms with Crippen LogP contribution < -0.4 is 15.4 Å². The minimum absolute atomic E-state index is 0.0422. The molecule has 12 heteroatoms. The maximum absolute atomic E-state index is 13.4. The Bertz CT molecular complexity index is 1050. The molecule has 0 fully saturated rings. The molecule has 7 nitrogen and oxygen atoms in total. The molecule has 0 aliphatic rings. The van der Waals surface area contributed by atoms with Crippen LogP contribution in [0.3, 0.4) is 0 Å². The summed E-state index contributed by atoms with van der Waals surface area (Å²) in [5.74, 6) is -1.21. The molecular formula is C18H12Cl2F3N5O2. The van der Waals surface area contributed by atoms with Gasteiger partial charge in [0.25, 0.3) is 0 Å². The van der Waals surface area contributed by atoms with E-state index in [2.05, 4.69) is 25.6 Å². The van der Waals surface area contributed by atoms with Crippen LogP contribution in [0.15, 0.2) is 48.9 Å². The molecule has 0 saturated heterocycles. The lowest BCUT2D eigenvalue weighted by atomic mass is 10.3. The van der Waals surface area contributed by atoms with Gasteiger partial charge in [-0.3, -0.25) is 4.98 Å². The van der Waals surface area contributed by atoms with Gasteiger partial charge in [0.05, 0.1) is 16.2 Å². The van der Waals surface area contributed by atoms with Gasteiger partial charge in [-0.05, 0) is 35.9 Å². The van der Waals surface area contributed by atoms with Crippen LogP contribution in [0.4, 0.5) is 29.6 Å². The van der Waals surface area contributed by atoms with Crippen molar-refractivity contribution in [1.29, 1.82) is 0 Å². The second-order valence-corrected chi connectivity index (χ2v) is 6.57. The molecule has 0 bridgehead atoms. The van der Waals surface area contributed by atoms with Crippen molar-refractivity contribution >= 4 is 40.9 Å². The largest absolute Gasteiger partial charge is 0.437 e. The Morgan fingerprint density at radius 2 is 1.83 bits per heavy atom. The molecule has 2 N–H and O–H groups in total. The summed E-state index contributed by atoms with van der Waals surface area (Å²) in [4.78, 5) is 22.9. The monoisotopic (exact) mass is 457 g/mol. The van der Waals surface area contributed by atoms with Crippen LogP contribution in [-0.4, -0.2) is 21.0 Å². The molecule has 3 rings (SSSR count). The molecule has 2 heterocycles. The number of nitrogens with zero attached hydrogens (tertiary/aromatic N) is 3. The number of nitrogens with one attached hydrogen (secondary N) is 2. The molecule has 3 aromatic rings. The SMILES string of the molecule is O=C(NCc1ccncc1)Oc1cnc(Nc2ccc(Cl)c(Cl)c2)nc1C(F)(F)F. The standard InChI is InChI=1S/C18H12Cl2F3N5O2/c19-12-2-1-11(7-13(12)20)27-16-25-9-14(15(28-16)18(21,22)23)30-17(29)26-8-10-3-5-24-6-4-10/h1-7,9H,8H2,(H,26,29)(H,25,27,28). The minimum atomic E-state index is -4.89. The average Bonchev–Trinajstić information content (AvgIpc) is 2.70. The molecule has 0 saturated carbocycles. The van der Waals surface area contributed by atoms with E-state index in [4.69, 9.17) is 27.9 Å². The number of halogens is 5. The lowest BCUT2D eigenvalue weighted by Gasteiger charge is -2.14. The van der Waals surface area contributed by atoms with E-state index in [1.54, 1.807) is 12.1 Å². The summed E-state index contributed by atoms with van der Waals surface area (Å²) in [6, 6.07) is 7.61. The predicted molar refractivity (Wildman–Crippen MR) is 104 cm³/mol. The number of amides is 1. The molecule has 0 radical (unpaired) electrons. The smallest absolute Gasteiger partial charge is 0.406 e. The van der Waals surface area contributed by atoms with E-state index < -0.39 is 23.7 Å². The fraction of sp³-hybridized carbons (Fsp3) is 0.111. The highest BCUT2D eigenvalue weighted by molar-refractivity contribution is 6.42. The highest BCUT2D eigenvalue weighted by Gasteiger charge is 2.38. The van der Waals surface area contributed by atoms with Crippen LogP contribution >= 0.6 is 23.2 Å². The number of alkyl halides is 3. The second kappa shape index (κ2) is 9.14. The summed E-state index contributed by atoms with van der Waals surface area (Å²) >= 11 is 11.7. The third-order valence-electron chi connectivity index (χ3n) is 3.59. The number of anilines is 2. The van der Waals surface area contributed by atoms with Crippen molar-refractivity contribution in [2.24, 2.45) is 0 Å². The fourth-order valence-electron chi connectivity index (χ4n) is 2.22. The fourth-order valence-corrected chi connectivity index (χ4v) is 2.52. The maximum atomic E-state index is 13.4. The van der Waals surface area contributed by atoms with Gasteiger partial charge in [0.15, 0.2) is 11.4 Å². The number of benzene rings is 1. The van der Waals surface area contributed by atoms with Gasteiger partial charge in [0, 0.05) is 24.6 Å². The summed E-state index contributed by atoms with van der Waals surface area (Å²) in [7, 11) is 0. The van der Waals surface area contributed by atoms with Gasteiger partial charge in [-0.1, -0.05) is 23.2 Å². The Morgan fingerprint density at radius 1 is 1.10 bits per heavy atom. The Morgan fingerprint density at radius 3 is 2.50 bits per heavy atom. The van der Waals surface area contributed by atoms with E-state index in [-0.39, 0.29) is 22.5 Å². The number of pyridine rings is 1. The quantitative estimate of drug-likeness (QED) is 0.545. The first kappa shape index (κ1) is 21.6. The molecule has 0 unspecified atom stereocenters. The van der Waals surface area contributed by atoms with Crippen LogP contribution in [-0.2, 0) is 12.7 Å². The summed E-state index contributed by atoms with van der Waals surface area (Å²) in [6.45, 7) is 0.0422. The number of carbonyl (C=O) groups excluding carboxylic acids is 1. The van der Waals surface area contributed by atoms with Crippen molar-refractivity contribution in [3.8, 4) is 5.75 Å². The van der Waals surface area contributed by atoms with Crippen molar-refractivity contribution in [3.63, 3.8) is 0 Å². The first-order valence-corrected chi connectivity index (χ1v) is 8.99. The molecule has 2 aromatic heterocycles. The third-order valence-corrected chi connectivity index (χ3v) is 4.33.